The molecule has 1 unspecified atom stereocenters. The molecule has 0 bridgehead atoms. The number of hydrogen-bond acceptors (Lipinski definition) is 3. The van der Waals surface area contributed by atoms with Gasteiger partial charge in [0.05, 0.1) is 6.61 Å². The lowest BCUT2D eigenvalue weighted by molar-refractivity contribution is -0.115. The molecule has 0 aromatic heterocycles. The van der Waals surface area contributed by atoms with Crippen molar-refractivity contribution >= 4 is 0 Å². The smallest absolute Gasteiger partial charge is 0.154 e. The van der Waals surface area contributed by atoms with Crippen LogP contribution in [0.25, 0.3) is 0 Å². The van der Waals surface area contributed by atoms with Gasteiger partial charge in [-0.2, -0.15) is 0 Å². The molecule has 0 radical (unpaired) electrons. The van der Waals surface area contributed by atoms with Crippen LogP contribution in [0.15, 0.2) is 18.2 Å². The molecule has 0 saturated carbocycles. The Bertz CT molecular complexity index is 467. The molecule has 1 aromatic carbocycles. The predicted molar refractivity (Wildman–Crippen MR) is 91.8 cm³/mol. The largest absolute Gasteiger partial charge is 0.491 e. The number of hydrogen-bond donors (Lipinski definition) is 0. The van der Waals surface area contributed by atoms with Gasteiger partial charge in [-0.25, -0.2) is 0 Å². The van der Waals surface area contributed by atoms with Crippen LogP contribution in [-0.2, 0) is 20.3 Å². The van der Waals surface area contributed by atoms with Gasteiger partial charge in [0.1, 0.15) is 12.4 Å². The fourth-order valence-electron chi connectivity index (χ4n) is 2.14. The van der Waals surface area contributed by atoms with Gasteiger partial charge in [-0.3, -0.25) is 0 Å². The highest BCUT2D eigenvalue weighted by Crippen LogP contribution is 2.35. The van der Waals surface area contributed by atoms with E-state index in [0.29, 0.717) is 13.2 Å². The van der Waals surface area contributed by atoms with Gasteiger partial charge in [-0.15, -0.1) is 0 Å². The zero-order valence-corrected chi connectivity index (χ0v) is 15.4. The quantitative estimate of drug-likeness (QED) is 0.564. The minimum Gasteiger partial charge on any atom is -0.491 e. The van der Waals surface area contributed by atoms with Crippen LogP contribution in [0.2, 0.25) is 0 Å². The summed E-state index contributed by atoms with van der Waals surface area (Å²) in [4.78, 5) is 0. The molecule has 0 N–H and O–H groups in total. The van der Waals surface area contributed by atoms with Crippen LogP contribution in [0.1, 0.15) is 59.6 Å². The Labute approximate surface area is 136 Å². The Hall–Kier alpha value is -1.06. The number of benzene rings is 1. The Kier molecular flexibility index (Phi) is 6.45. The molecule has 0 aliphatic carbocycles. The van der Waals surface area contributed by atoms with E-state index in [-0.39, 0.29) is 17.1 Å². The van der Waals surface area contributed by atoms with Crippen LogP contribution in [-0.4, -0.2) is 26.6 Å². The van der Waals surface area contributed by atoms with Gasteiger partial charge < -0.3 is 14.2 Å². The van der Waals surface area contributed by atoms with E-state index in [2.05, 4.69) is 59.7 Å². The SMILES string of the molecule is COC(C)OCCOc1ccc(C(C)(C)C)cc1C(C)(C)C. The third-order valence-electron chi connectivity index (χ3n) is 3.68. The normalized spacial score (nSPS) is 14.0. The molecular weight excluding hydrogens is 276 g/mol. The summed E-state index contributed by atoms with van der Waals surface area (Å²) in [5.74, 6) is 0.939. The Morgan fingerprint density at radius 2 is 1.59 bits per heavy atom. The molecule has 0 saturated heterocycles. The van der Waals surface area contributed by atoms with Gasteiger partial charge in [0.2, 0.25) is 0 Å². The van der Waals surface area contributed by atoms with Gasteiger partial charge in [0.25, 0.3) is 0 Å². The van der Waals surface area contributed by atoms with Gasteiger partial charge in [-0.05, 0) is 34.9 Å². The summed E-state index contributed by atoms with van der Waals surface area (Å²) in [7, 11) is 1.63. The van der Waals surface area contributed by atoms with Crippen LogP contribution in [0, 0.1) is 0 Å². The summed E-state index contributed by atoms with van der Waals surface area (Å²) in [5.41, 5.74) is 2.74. The van der Waals surface area contributed by atoms with E-state index in [1.165, 1.54) is 11.1 Å². The van der Waals surface area contributed by atoms with Crippen molar-refractivity contribution in [1.29, 1.82) is 0 Å². The van der Waals surface area contributed by atoms with Gasteiger partial charge in [0, 0.05) is 7.11 Å². The molecule has 0 heterocycles. The molecule has 126 valence electrons. The standard InChI is InChI=1S/C19H32O3/c1-14(20-8)21-11-12-22-17-10-9-15(18(2,3)4)13-16(17)19(5,6)7/h9-10,13-14H,11-12H2,1-8H3. The van der Waals surface area contributed by atoms with Crippen molar-refractivity contribution in [2.45, 2.75) is 65.6 Å². The summed E-state index contributed by atoms with van der Waals surface area (Å²) in [6, 6.07) is 6.51. The maximum Gasteiger partial charge on any atom is 0.154 e. The maximum atomic E-state index is 5.95. The molecule has 22 heavy (non-hydrogen) atoms. The highest BCUT2D eigenvalue weighted by atomic mass is 16.7. The molecular formula is C19H32O3. The zero-order chi connectivity index (χ0) is 17.0. The average molecular weight is 308 g/mol. The fourth-order valence-corrected chi connectivity index (χ4v) is 2.14. The van der Waals surface area contributed by atoms with Crippen LogP contribution in [0.5, 0.6) is 5.75 Å². The van der Waals surface area contributed by atoms with E-state index < -0.39 is 0 Å². The minimum atomic E-state index is -0.200. The third kappa shape index (κ3) is 5.62. The van der Waals surface area contributed by atoms with E-state index in [9.17, 15) is 0 Å². The van der Waals surface area contributed by atoms with Crippen molar-refractivity contribution in [2.75, 3.05) is 20.3 Å². The highest BCUT2D eigenvalue weighted by molar-refractivity contribution is 5.43. The molecule has 3 heteroatoms. The first-order valence-corrected chi connectivity index (χ1v) is 7.98. The van der Waals surface area contributed by atoms with Crippen LogP contribution in [0.4, 0.5) is 0 Å². The van der Waals surface area contributed by atoms with Crippen molar-refractivity contribution in [2.24, 2.45) is 0 Å². The van der Waals surface area contributed by atoms with Gasteiger partial charge in [-0.1, -0.05) is 53.7 Å². The summed E-state index contributed by atoms with van der Waals surface area (Å²) < 4.78 is 16.5. The highest BCUT2D eigenvalue weighted by Gasteiger charge is 2.23. The topological polar surface area (TPSA) is 27.7 Å². The summed E-state index contributed by atoms with van der Waals surface area (Å²) in [6.45, 7) is 16.2. The van der Waals surface area contributed by atoms with Gasteiger partial charge >= 0.3 is 0 Å². The molecule has 1 rings (SSSR count). The molecule has 0 amide bonds. The second-order valence-electron chi connectivity index (χ2n) is 7.73. The Balaban J connectivity index is 2.86. The van der Waals surface area contributed by atoms with Crippen molar-refractivity contribution in [1.82, 2.24) is 0 Å². The molecule has 0 aliphatic rings. The third-order valence-corrected chi connectivity index (χ3v) is 3.68. The van der Waals surface area contributed by atoms with Crippen molar-refractivity contribution in [3.63, 3.8) is 0 Å². The Morgan fingerprint density at radius 3 is 2.09 bits per heavy atom. The second kappa shape index (κ2) is 7.47. The van der Waals surface area contributed by atoms with E-state index in [0.717, 1.165) is 5.75 Å². The average Bonchev–Trinajstić information content (AvgIpc) is 2.41. The summed E-state index contributed by atoms with van der Waals surface area (Å²) in [5, 5.41) is 0. The van der Waals surface area contributed by atoms with Crippen LogP contribution < -0.4 is 4.74 Å². The van der Waals surface area contributed by atoms with E-state index in [4.69, 9.17) is 14.2 Å². The van der Waals surface area contributed by atoms with Crippen LogP contribution >= 0.6 is 0 Å². The molecule has 0 aliphatic heterocycles. The number of methoxy groups -OCH3 is 1. The van der Waals surface area contributed by atoms with Crippen molar-refractivity contribution in [3.8, 4) is 5.75 Å². The summed E-state index contributed by atoms with van der Waals surface area (Å²) >= 11 is 0. The monoisotopic (exact) mass is 308 g/mol. The lowest BCUT2D eigenvalue weighted by Gasteiger charge is -2.27. The summed E-state index contributed by atoms with van der Waals surface area (Å²) in [6.07, 6.45) is -0.200. The first-order valence-electron chi connectivity index (χ1n) is 7.98. The maximum absolute atomic E-state index is 5.95. The molecule has 1 atom stereocenters. The second-order valence-corrected chi connectivity index (χ2v) is 7.73. The predicted octanol–water partition coefficient (Wildman–Crippen LogP) is 4.67. The first-order chi connectivity index (χ1) is 10.1. The van der Waals surface area contributed by atoms with Crippen molar-refractivity contribution in [3.05, 3.63) is 29.3 Å². The van der Waals surface area contributed by atoms with Gasteiger partial charge in [0.15, 0.2) is 6.29 Å². The Morgan fingerprint density at radius 1 is 0.955 bits per heavy atom. The fraction of sp³-hybridized carbons (Fsp3) is 0.684. The van der Waals surface area contributed by atoms with E-state index in [1.54, 1.807) is 7.11 Å². The number of ether oxygens (including phenoxy) is 3. The minimum absolute atomic E-state index is 0.0390. The lowest BCUT2D eigenvalue weighted by atomic mass is 9.80. The first kappa shape index (κ1) is 19.0. The molecule has 0 spiro atoms. The lowest BCUT2D eigenvalue weighted by Crippen LogP contribution is -2.19. The van der Waals surface area contributed by atoms with Crippen molar-refractivity contribution < 1.29 is 14.2 Å². The molecule has 0 fully saturated rings. The van der Waals surface area contributed by atoms with E-state index >= 15 is 0 Å². The van der Waals surface area contributed by atoms with Crippen LogP contribution in [0.3, 0.4) is 0 Å². The molecule has 1 aromatic rings. The number of rotatable bonds is 6. The zero-order valence-electron chi connectivity index (χ0n) is 15.4. The van der Waals surface area contributed by atoms with E-state index in [1.807, 2.05) is 6.92 Å². The molecule has 3 nitrogen and oxygen atoms in total.